The van der Waals surface area contributed by atoms with Crippen molar-refractivity contribution in [3.63, 3.8) is 0 Å². The van der Waals surface area contributed by atoms with E-state index in [9.17, 15) is 9.90 Å². The lowest BCUT2D eigenvalue weighted by atomic mass is 9.63. The molecule has 25 heavy (non-hydrogen) atoms. The van der Waals surface area contributed by atoms with Crippen LogP contribution in [0.2, 0.25) is 0 Å². The number of fused-ring (bicyclic) bond motifs is 1. The van der Waals surface area contributed by atoms with Crippen molar-refractivity contribution < 1.29 is 5.11 Å². The number of rotatable bonds is 2. The molecule has 0 aliphatic heterocycles. The van der Waals surface area contributed by atoms with Crippen LogP contribution in [0.4, 0.5) is 11.4 Å². The Kier molecular flexibility index (Phi) is 4.14. The van der Waals surface area contributed by atoms with Crippen LogP contribution in [-0.2, 0) is 10.8 Å². The first kappa shape index (κ1) is 17.5. The predicted octanol–water partition coefficient (Wildman–Crippen LogP) is 5.15. The molecule has 3 heteroatoms. The van der Waals surface area contributed by atoms with Gasteiger partial charge in [-0.05, 0) is 77.6 Å². The van der Waals surface area contributed by atoms with Crippen molar-refractivity contribution in [1.29, 1.82) is 0 Å². The van der Waals surface area contributed by atoms with Crippen LogP contribution < -0.4 is 10.7 Å². The number of aromatic hydroxyl groups is 1. The first-order valence-electron chi connectivity index (χ1n) is 8.86. The molecule has 0 fully saturated rings. The van der Waals surface area contributed by atoms with Crippen LogP contribution in [0.25, 0.3) is 0 Å². The van der Waals surface area contributed by atoms with Crippen molar-refractivity contribution in [2.45, 2.75) is 58.3 Å². The highest BCUT2D eigenvalue weighted by Gasteiger charge is 2.37. The maximum atomic E-state index is 11.6. The highest BCUT2D eigenvalue weighted by molar-refractivity contribution is 5.66. The Balaban J connectivity index is 2.07. The van der Waals surface area contributed by atoms with E-state index in [-0.39, 0.29) is 22.0 Å². The van der Waals surface area contributed by atoms with Crippen molar-refractivity contribution in [3.05, 3.63) is 63.3 Å². The number of benzene rings is 1. The highest BCUT2D eigenvalue weighted by Crippen LogP contribution is 2.47. The summed E-state index contributed by atoms with van der Waals surface area (Å²) < 4.78 is 0. The number of hydrogen-bond donors (Lipinski definition) is 2. The summed E-state index contributed by atoms with van der Waals surface area (Å²) >= 11 is 0. The molecule has 0 aromatic heterocycles. The molecular formula is C22H27NO2. The largest absolute Gasteiger partial charge is 0.504 e. The van der Waals surface area contributed by atoms with Crippen molar-refractivity contribution >= 4 is 11.4 Å². The zero-order valence-electron chi connectivity index (χ0n) is 15.7. The smallest absolute Gasteiger partial charge is 0.220 e. The Morgan fingerprint density at radius 1 is 0.920 bits per heavy atom. The number of hydrogen-bond acceptors (Lipinski definition) is 3. The van der Waals surface area contributed by atoms with Gasteiger partial charge < -0.3 is 10.4 Å². The zero-order chi connectivity index (χ0) is 18.4. The molecule has 0 heterocycles. The summed E-state index contributed by atoms with van der Waals surface area (Å²) in [4.78, 5) is 11.6. The first-order valence-corrected chi connectivity index (χ1v) is 8.86. The van der Waals surface area contributed by atoms with Crippen LogP contribution in [0.3, 0.4) is 0 Å². The van der Waals surface area contributed by atoms with Crippen molar-refractivity contribution in [1.82, 2.24) is 0 Å². The normalized spacial score (nSPS) is 17.6. The maximum Gasteiger partial charge on any atom is 0.220 e. The molecule has 0 saturated carbocycles. The second kappa shape index (κ2) is 5.91. The van der Waals surface area contributed by atoms with Crippen molar-refractivity contribution in [2.24, 2.45) is 0 Å². The molecule has 0 bridgehead atoms. The molecule has 0 radical (unpaired) electrons. The summed E-state index contributed by atoms with van der Waals surface area (Å²) in [5, 5.41) is 13.0. The van der Waals surface area contributed by atoms with Crippen LogP contribution in [-0.4, -0.2) is 5.11 Å². The summed E-state index contributed by atoms with van der Waals surface area (Å²) in [7, 11) is 0. The summed E-state index contributed by atoms with van der Waals surface area (Å²) in [6.45, 7) is 11.4. The van der Waals surface area contributed by atoms with E-state index >= 15 is 0 Å². The topological polar surface area (TPSA) is 49.3 Å². The van der Waals surface area contributed by atoms with Gasteiger partial charge in [-0.1, -0.05) is 33.8 Å². The van der Waals surface area contributed by atoms with Gasteiger partial charge in [0.2, 0.25) is 5.43 Å². The SMILES string of the molecule is Cc1cc2c(cc1Nc1ccc(O)c(=O)cc1)C(C)(C)CCC2(C)C. The molecule has 3 rings (SSSR count). The van der Waals surface area contributed by atoms with Crippen LogP contribution >= 0.6 is 0 Å². The Bertz CT molecular complexity index is 882. The van der Waals surface area contributed by atoms with E-state index in [0.717, 1.165) is 11.4 Å². The van der Waals surface area contributed by atoms with Gasteiger partial charge in [-0.15, -0.1) is 0 Å². The summed E-state index contributed by atoms with van der Waals surface area (Å²) in [5.74, 6) is -0.238. The molecule has 0 spiro atoms. The van der Waals surface area contributed by atoms with Gasteiger partial charge in [0.25, 0.3) is 0 Å². The van der Waals surface area contributed by atoms with E-state index in [1.165, 1.54) is 41.7 Å². The van der Waals surface area contributed by atoms with Crippen LogP contribution in [0.15, 0.2) is 41.2 Å². The maximum absolute atomic E-state index is 11.6. The van der Waals surface area contributed by atoms with Crippen LogP contribution in [0, 0.1) is 6.92 Å². The van der Waals surface area contributed by atoms with Crippen molar-refractivity contribution in [2.75, 3.05) is 5.32 Å². The highest BCUT2D eigenvalue weighted by atomic mass is 16.3. The minimum Gasteiger partial charge on any atom is -0.504 e. The lowest BCUT2D eigenvalue weighted by Crippen LogP contribution is -2.34. The van der Waals surface area contributed by atoms with Gasteiger partial charge in [-0.3, -0.25) is 4.79 Å². The molecular weight excluding hydrogens is 310 g/mol. The van der Waals surface area contributed by atoms with Gasteiger partial charge in [0.05, 0.1) is 0 Å². The summed E-state index contributed by atoms with van der Waals surface area (Å²) in [5.41, 5.74) is 5.80. The van der Waals surface area contributed by atoms with E-state index in [4.69, 9.17) is 0 Å². The third-order valence-electron chi connectivity index (χ3n) is 5.56. The minimum atomic E-state index is -0.377. The van der Waals surface area contributed by atoms with E-state index in [2.05, 4.69) is 52.1 Å². The lowest BCUT2D eigenvalue weighted by molar-refractivity contribution is 0.332. The van der Waals surface area contributed by atoms with Gasteiger partial charge in [-0.25, -0.2) is 0 Å². The minimum absolute atomic E-state index is 0.150. The Morgan fingerprint density at radius 2 is 1.48 bits per heavy atom. The molecule has 3 nitrogen and oxygen atoms in total. The molecule has 132 valence electrons. The van der Waals surface area contributed by atoms with Gasteiger partial charge in [-0.2, -0.15) is 0 Å². The van der Waals surface area contributed by atoms with Crippen LogP contribution in [0.1, 0.15) is 57.2 Å². The molecule has 2 aromatic rings. The fourth-order valence-corrected chi connectivity index (χ4v) is 3.65. The third-order valence-corrected chi connectivity index (χ3v) is 5.56. The molecule has 0 amide bonds. The molecule has 2 N–H and O–H groups in total. The molecule has 0 saturated heterocycles. The summed E-state index contributed by atoms with van der Waals surface area (Å²) in [6.07, 6.45) is 2.36. The van der Waals surface area contributed by atoms with E-state index < -0.39 is 0 Å². The fraction of sp³-hybridized carbons (Fsp3) is 0.409. The molecule has 0 atom stereocenters. The monoisotopic (exact) mass is 337 g/mol. The number of aryl methyl sites for hydroxylation is 1. The molecule has 1 aliphatic rings. The first-order chi connectivity index (χ1) is 11.6. The van der Waals surface area contributed by atoms with Crippen LogP contribution in [0.5, 0.6) is 5.75 Å². The second-order valence-electron chi connectivity index (χ2n) is 8.48. The number of nitrogens with one attached hydrogen (secondary N) is 1. The average molecular weight is 337 g/mol. The Morgan fingerprint density at radius 3 is 2.12 bits per heavy atom. The fourth-order valence-electron chi connectivity index (χ4n) is 3.65. The van der Waals surface area contributed by atoms with Gasteiger partial charge in [0.1, 0.15) is 0 Å². The second-order valence-corrected chi connectivity index (χ2v) is 8.48. The van der Waals surface area contributed by atoms with E-state index in [1.54, 1.807) is 12.1 Å². The van der Waals surface area contributed by atoms with Gasteiger partial charge in [0.15, 0.2) is 5.75 Å². The van der Waals surface area contributed by atoms with E-state index in [1.807, 2.05) is 0 Å². The zero-order valence-corrected chi connectivity index (χ0v) is 15.7. The Labute approximate surface area is 149 Å². The van der Waals surface area contributed by atoms with E-state index in [0.29, 0.717) is 0 Å². The quantitative estimate of drug-likeness (QED) is 0.796. The summed E-state index contributed by atoms with van der Waals surface area (Å²) in [6, 6.07) is 10.8. The lowest BCUT2D eigenvalue weighted by Gasteiger charge is -2.42. The predicted molar refractivity (Wildman–Crippen MR) is 104 cm³/mol. The Hall–Kier alpha value is -2.29. The average Bonchev–Trinajstić information content (AvgIpc) is 2.69. The third kappa shape index (κ3) is 3.28. The molecule has 0 unspecified atom stereocenters. The number of anilines is 2. The van der Waals surface area contributed by atoms with Gasteiger partial charge >= 0.3 is 0 Å². The van der Waals surface area contributed by atoms with Crippen molar-refractivity contribution in [3.8, 4) is 5.75 Å². The van der Waals surface area contributed by atoms with Gasteiger partial charge in [0, 0.05) is 11.4 Å². The molecule has 1 aliphatic carbocycles. The standard InChI is InChI=1S/C22H27NO2/c1-14-12-16-17(22(4,5)11-10-21(16,2)3)13-18(14)23-15-6-8-19(24)20(25)9-7-15/h6-9,12-13,23H,10-11H2,1-5H3,(H,24,25). The molecule has 2 aromatic carbocycles.